The molecule has 11 atom stereocenters. The van der Waals surface area contributed by atoms with E-state index in [1.54, 1.807) is 17.3 Å². The van der Waals surface area contributed by atoms with Gasteiger partial charge in [-0.05, 0) is 128 Å². The summed E-state index contributed by atoms with van der Waals surface area (Å²) < 4.78 is 14.7. The predicted molar refractivity (Wildman–Crippen MR) is 365 cm³/mol. The van der Waals surface area contributed by atoms with E-state index >= 15 is 0 Å². The van der Waals surface area contributed by atoms with Gasteiger partial charge in [-0.25, -0.2) is 0 Å². The van der Waals surface area contributed by atoms with Crippen LogP contribution in [-0.4, -0.2) is 182 Å². The van der Waals surface area contributed by atoms with Crippen molar-refractivity contribution in [1.29, 1.82) is 0 Å². The first-order valence-corrected chi connectivity index (χ1v) is 27.9. The van der Waals surface area contributed by atoms with Crippen LogP contribution in [0.3, 0.4) is 0 Å². The number of allylic oxidation sites excluding steroid dienone is 2. The summed E-state index contributed by atoms with van der Waals surface area (Å²) in [6, 6.07) is 0.872. The number of carbonyl (C=O) groups is 7. The third kappa shape index (κ3) is 148. The van der Waals surface area contributed by atoms with E-state index < -0.39 is 25.4 Å². The Morgan fingerprint density at radius 2 is 1.06 bits per heavy atom. The van der Waals surface area contributed by atoms with Gasteiger partial charge in [0, 0.05) is 62.9 Å². The van der Waals surface area contributed by atoms with Crippen molar-refractivity contribution in [2.45, 2.75) is 138 Å². The Kier molecular flexibility index (Phi) is 175. The fraction of sp³-hybridized carbons (Fsp3) is 0.667. The summed E-state index contributed by atoms with van der Waals surface area (Å²) in [5.41, 5.74) is 33.1. The van der Waals surface area contributed by atoms with Crippen molar-refractivity contribution in [3.8, 4) is 0 Å². The number of aliphatic hydroxyl groups is 5. The Morgan fingerprint density at radius 1 is 0.696 bits per heavy atom. The highest BCUT2D eigenvalue weighted by Crippen LogP contribution is 2.27. The maximum Gasteiger partial charge on any atom is 0.182 e. The standard InChI is InChI=1S/C13H23NO.C9H17NO4.C5H12N2P2.C5H8O2.C3H9N.C3H6O3.C2H6N2P2.C2H2O2.2CH5N.CH4.4H4NP.H2O/c1-9(2)12-5-11(6-13(15)7-12)8-14-10(3)4;1-7(2)10(3-8(13)5-11)4-9(14)6-12;8-6-4-2-1-3-5-7-9;6-4-2-1-3-5-7;1-3(2)4;4-1-3(6)2-5;5-3-1-2-4-6;3-1-2-4;2*1-2;;4*1-2;/h6-7,9-10,12,14-15H,5,8H2,1-4H3;5,7-8,12-13H,3-4,6H2,1-2H3;4-5H,1-3,8-9H2;4-5H,1-3H2;3H,4H2,1-2H3;1,3,5-6H,2H2;1-2H,5-6H2;1-2H;2*2H2,1H3;1H4;4*1-2H2;1H2. The first-order valence-electron chi connectivity index (χ1n) is 23.2. The molecule has 1 aliphatic rings. The van der Waals surface area contributed by atoms with Gasteiger partial charge in [-0.2, -0.15) is 0 Å². The maximum atomic E-state index is 10.9. The van der Waals surface area contributed by atoms with Crippen LogP contribution in [0, 0.1) is 11.8 Å². The van der Waals surface area contributed by atoms with E-state index in [4.69, 9.17) is 35.7 Å². The minimum Gasteiger partial charge on any atom is -0.508 e. The lowest BCUT2D eigenvalue weighted by molar-refractivity contribution is -0.125. The zero-order chi connectivity index (χ0) is 63.9. The SMILES string of the molecule is C.CC(C)N.CC(C)N(CC(=O)CO)CC(O)C=O.CC(C)NCC1=CC(O)=CC(C(C)C)C1.CN.CN.NP.NP.NP.NP.O.O=CC(O)CO.O=CC=O.O=CCCCC=O.PN=CC=NP.PN=CCCCC=NP. The van der Waals surface area contributed by atoms with Gasteiger partial charge in [0.05, 0.1) is 13.2 Å². The number of nitrogens with two attached hydrogens (primary N) is 7. The lowest BCUT2D eigenvalue weighted by Gasteiger charge is -2.26. The first kappa shape index (κ1) is 116. The van der Waals surface area contributed by atoms with Crippen LogP contribution in [0.5, 0.6) is 0 Å². The van der Waals surface area contributed by atoms with E-state index in [1.165, 1.54) is 19.7 Å². The van der Waals surface area contributed by atoms with E-state index in [-0.39, 0.29) is 56.7 Å². The maximum absolute atomic E-state index is 10.9. The average molecular weight is 1290 g/mol. The number of aliphatic hydroxyl groups excluding tert-OH is 5. The number of Topliss-reactive ketones (excluding diaryl/α,β-unsaturated/α-hetero) is 1. The van der Waals surface area contributed by atoms with Crippen molar-refractivity contribution in [1.82, 2.24) is 10.2 Å². The number of aldehydes is 6. The Labute approximate surface area is 494 Å². The molecule has 34 heteroatoms. The highest BCUT2D eigenvalue weighted by atomic mass is 31.0. The molecule has 0 spiro atoms. The molecule has 22 N–H and O–H groups in total. The molecular weight excluding hydrogens is 1180 g/mol. The average Bonchev–Trinajstić information content (AvgIpc) is 3.45. The molecule has 1 rings (SSSR count). The second-order valence-electron chi connectivity index (χ2n) is 14.3. The van der Waals surface area contributed by atoms with E-state index in [9.17, 15) is 29.1 Å². The molecule has 0 bridgehead atoms. The molecule has 0 saturated heterocycles. The van der Waals surface area contributed by atoms with E-state index in [2.05, 4.69) is 123 Å². The van der Waals surface area contributed by atoms with Crippen molar-refractivity contribution < 1.29 is 64.6 Å². The summed E-state index contributed by atoms with van der Waals surface area (Å²) in [6.07, 6.45) is 17.3. The number of ketones is 1. The number of unbranched alkanes of at least 4 members (excludes halogenated alkanes) is 4. The van der Waals surface area contributed by atoms with Crippen LogP contribution in [0.15, 0.2) is 42.5 Å². The van der Waals surface area contributed by atoms with Crippen LogP contribution in [0.25, 0.3) is 0 Å². The molecule has 0 heterocycles. The van der Waals surface area contributed by atoms with E-state index in [0.717, 1.165) is 44.8 Å². The van der Waals surface area contributed by atoms with Gasteiger partial charge in [0.2, 0.25) is 0 Å². The molecule has 0 amide bonds. The van der Waals surface area contributed by atoms with Crippen LogP contribution in [0.2, 0.25) is 0 Å². The normalized spacial score (nSPS) is 11.6. The number of hydrogen-bond acceptors (Lipinski definition) is 25. The van der Waals surface area contributed by atoms with Gasteiger partial charge >= 0.3 is 0 Å². The Morgan fingerprint density at radius 3 is 1.30 bits per heavy atom. The Balaban J connectivity index is -0.0000000456. The van der Waals surface area contributed by atoms with Crippen LogP contribution >= 0.6 is 75.1 Å². The van der Waals surface area contributed by atoms with Crippen LogP contribution < -0.4 is 44.5 Å². The summed E-state index contributed by atoms with van der Waals surface area (Å²) in [6.45, 7) is 16.3. The zero-order valence-electron chi connectivity index (χ0n) is 47.9. The van der Waals surface area contributed by atoms with Crippen molar-refractivity contribution in [2.75, 3.05) is 46.9 Å². The Hall–Kier alpha value is -1.47. The number of rotatable bonds is 23. The molecule has 0 radical (unpaired) electrons. The molecule has 0 aromatic rings. The van der Waals surface area contributed by atoms with Gasteiger partial charge in [-0.1, -0.05) is 92.1 Å². The molecule has 1 aliphatic carbocycles. The molecule has 11 unspecified atom stereocenters. The van der Waals surface area contributed by atoms with Crippen LogP contribution in [-0.2, 0) is 33.6 Å². The minimum atomic E-state index is -1.19. The second-order valence-corrected chi connectivity index (χ2v) is 15.5. The van der Waals surface area contributed by atoms with Gasteiger partial charge in [-0.3, -0.25) is 38.3 Å². The largest absolute Gasteiger partial charge is 0.508 e. The summed E-state index contributed by atoms with van der Waals surface area (Å²) in [4.78, 5) is 68.8. The van der Waals surface area contributed by atoms with Crippen molar-refractivity contribution in [3.63, 3.8) is 0 Å². The van der Waals surface area contributed by atoms with Crippen LogP contribution in [0.1, 0.15) is 108 Å². The fourth-order valence-electron chi connectivity index (χ4n) is 3.66. The summed E-state index contributed by atoms with van der Waals surface area (Å²) in [5.74, 6) is 1.19. The number of nitrogens with zero attached hydrogens (tertiary/aromatic N) is 5. The molecule has 26 nitrogen and oxygen atoms in total. The molecule has 0 fully saturated rings. The van der Waals surface area contributed by atoms with Gasteiger partial charge in [-0.15, -0.1) is 0 Å². The summed E-state index contributed by atoms with van der Waals surface area (Å²) in [7, 11) is 19.7. The highest BCUT2D eigenvalue weighted by Gasteiger charge is 2.18. The third-order valence-corrected chi connectivity index (χ3v) is 7.62. The Bertz CT molecular complexity index is 1320. The molecule has 478 valence electrons. The quantitative estimate of drug-likeness (QED) is 0.0224. The first-order chi connectivity index (χ1) is 36.7. The van der Waals surface area contributed by atoms with Gasteiger partial charge in [0.15, 0.2) is 24.6 Å². The molecular formula is C45H115N13O13P8. The van der Waals surface area contributed by atoms with Crippen molar-refractivity contribution in [2.24, 2.45) is 70.1 Å². The summed E-state index contributed by atoms with van der Waals surface area (Å²) in [5, 5.41) is 46.5. The number of nitrogens with one attached hydrogen (secondary N) is 1. The number of hydrogen-bond donors (Lipinski definition) is 13. The summed E-state index contributed by atoms with van der Waals surface area (Å²) >= 11 is 0. The third-order valence-electron chi connectivity index (χ3n) is 6.85. The molecule has 79 heavy (non-hydrogen) atoms. The number of carbonyl (C=O) groups excluding carboxylic acids is 7. The molecule has 0 aromatic heterocycles. The smallest absolute Gasteiger partial charge is 0.182 e. The van der Waals surface area contributed by atoms with Gasteiger partial charge < -0.3 is 94.7 Å². The topological polar surface area (TPSA) is 499 Å². The zero-order valence-corrected chi connectivity index (χ0v) is 57.2. The van der Waals surface area contributed by atoms with Gasteiger partial charge in [0.25, 0.3) is 0 Å². The molecule has 0 saturated carbocycles. The second kappa shape index (κ2) is 119. The molecule has 0 aromatic carbocycles. The minimum absolute atomic E-state index is 0. The van der Waals surface area contributed by atoms with Gasteiger partial charge in [0.1, 0.15) is 43.4 Å². The monoisotopic (exact) mass is 1290 g/mol. The van der Waals surface area contributed by atoms with E-state index in [1.807, 2.05) is 89.8 Å². The lowest BCUT2D eigenvalue weighted by atomic mass is 9.85. The lowest BCUT2D eigenvalue weighted by Crippen LogP contribution is -2.42. The molecule has 0 aliphatic heterocycles. The van der Waals surface area contributed by atoms with Crippen molar-refractivity contribution in [3.05, 3.63) is 23.5 Å². The predicted octanol–water partition coefficient (Wildman–Crippen LogP) is 1.17. The fourth-order valence-corrected chi connectivity index (χ4v) is 4.11. The van der Waals surface area contributed by atoms with Crippen molar-refractivity contribution >= 4 is 143 Å². The van der Waals surface area contributed by atoms with Crippen LogP contribution in [0.4, 0.5) is 0 Å². The highest BCUT2D eigenvalue weighted by molar-refractivity contribution is 7.16. The van der Waals surface area contributed by atoms with E-state index in [0.29, 0.717) is 55.2 Å².